The predicted octanol–water partition coefficient (Wildman–Crippen LogP) is 16.9. The lowest BCUT2D eigenvalue weighted by molar-refractivity contribution is -0.144. The van der Waals surface area contributed by atoms with E-state index in [0.717, 1.165) is 79.5 Å². The highest BCUT2D eigenvalue weighted by molar-refractivity contribution is 6.13. The molecule has 0 aliphatic carbocycles. The largest absolute Gasteiger partial charge is 0.465 e. The van der Waals surface area contributed by atoms with Crippen LogP contribution in [0.2, 0.25) is 0 Å². The zero-order valence-electron chi connectivity index (χ0n) is 78.6. The van der Waals surface area contributed by atoms with Gasteiger partial charge in [-0.05, 0) is 114 Å². The molecule has 16 rings (SSSR count). The summed E-state index contributed by atoms with van der Waals surface area (Å²) >= 11 is 0. The van der Waals surface area contributed by atoms with Crippen LogP contribution in [-0.4, -0.2) is 193 Å². The van der Waals surface area contributed by atoms with E-state index in [-0.39, 0.29) is 66.3 Å². The molecule has 1 saturated heterocycles. The SMILES string of the molecule is C=CC(=O)c1ccc(C(=O)OC)cc1.CCOC(=O)CN(CCC(=O)c1ccc(C(=O)OC)cc1)Cc1ccccc1.COC(=O)c1ccc(-c2n[nH]c3c2CN(Cc2ccccc2)C3)cc1.COC(=O)c1ccc(-c2n[nH]c3c2CN(Cc2ccccc2)C3)cc1.COC(=O)c1ccc(C(=O)C2CN(Cc3ccccc3)CC2=O)cc1.COC(=O)c1ccc(C(=O)CCNCc2ccccc2)cc1. The molecular formula is C111H111N9O19. The van der Waals surface area contributed by atoms with Crippen LogP contribution in [-0.2, 0) is 102 Å². The average Bonchev–Trinajstić information content (AvgIpc) is 1.64. The zero-order chi connectivity index (χ0) is 99.0. The van der Waals surface area contributed by atoms with Crippen molar-refractivity contribution in [3.63, 3.8) is 0 Å². The van der Waals surface area contributed by atoms with E-state index < -0.39 is 29.8 Å². The quantitative estimate of drug-likeness (QED) is 0.00859. The highest BCUT2D eigenvalue weighted by atomic mass is 16.5. The van der Waals surface area contributed by atoms with Gasteiger partial charge < -0.3 is 38.5 Å². The van der Waals surface area contributed by atoms with Gasteiger partial charge in [-0.2, -0.15) is 10.2 Å². The van der Waals surface area contributed by atoms with Crippen LogP contribution >= 0.6 is 0 Å². The Morgan fingerprint density at radius 3 is 1.07 bits per heavy atom. The first-order valence-electron chi connectivity index (χ1n) is 45.0. The van der Waals surface area contributed by atoms with Crippen LogP contribution in [0.3, 0.4) is 0 Å². The number of aromatic amines is 2. The fourth-order valence-corrected chi connectivity index (χ4v) is 15.4. The number of methoxy groups -OCH3 is 6. The first-order valence-corrected chi connectivity index (χ1v) is 45.0. The third-order valence-electron chi connectivity index (χ3n) is 22.7. The van der Waals surface area contributed by atoms with Crippen molar-refractivity contribution in [1.29, 1.82) is 0 Å². The molecule has 28 heteroatoms. The number of ketones is 5. The second-order valence-electron chi connectivity index (χ2n) is 32.4. The number of hydrogen-bond acceptors (Lipinski definition) is 26. The summed E-state index contributed by atoms with van der Waals surface area (Å²) in [6.07, 6.45) is 1.90. The van der Waals surface area contributed by atoms with E-state index >= 15 is 0 Å². The van der Waals surface area contributed by atoms with Gasteiger partial charge in [0.15, 0.2) is 28.9 Å². The molecular weight excluding hydrogens is 1760 g/mol. The van der Waals surface area contributed by atoms with E-state index in [1.165, 1.54) is 87.9 Å². The Labute approximate surface area is 807 Å². The molecule has 3 aliphatic heterocycles. The molecule has 0 bridgehead atoms. The Morgan fingerprint density at radius 1 is 0.388 bits per heavy atom. The number of H-pyrrole nitrogens is 2. The highest BCUT2D eigenvalue weighted by Gasteiger charge is 2.37. The van der Waals surface area contributed by atoms with Gasteiger partial charge in [0.2, 0.25) is 0 Å². The number of nitrogens with one attached hydrogen (secondary N) is 3. The molecule has 0 radical (unpaired) electrons. The molecule has 139 heavy (non-hydrogen) atoms. The molecule has 0 saturated carbocycles. The van der Waals surface area contributed by atoms with E-state index in [4.69, 9.17) is 14.2 Å². The summed E-state index contributed by atoms with van der Waals surface area (Å²) in [5, 5.41) is 18.5. The number of rotatable bonds is 33. The van der Waals surface area contributed by atoms with Crippen molar-refractivity contribution in [2.45, 2.75) is 78.7 Å². The maximum atomic E-state index is 12.6. The van der Waals surface area contributed by atoms with Crippen molar-refractivity contribution in [1.82, 2.24) is 45.3 Å². The second-order valence-corrected chi connectivity index (χ2v) is 32.4. The van der Waals surface area contributed by atoms with Crippen LogP contribution in [0.15, 0.2) is 310 Å². The lowest BCUT2D eigenvalue weighted by Crippen LogP contribution is -2.32. The topological polar surface area (TPSA) is 352 Å². The van der Waals surface area contributed by atoms with Gasteiger partial charge in [-0.1, -0.05) is 231 Å². The van der Waals surface area contributed by atoms with Crippen molar-refractivity contribution >= 4 is 70.7 Å². The van der Waals surface area contributed by atoms with Crippen molar-refractivity contribution in [3.05, 3.63) is 416 Å². The van der Waals surface area contributed by atoms with E-state index in [0.29, 0.717) is 101 Å². The van der Waals surface area contributed by atoms with Crippen molar-refractivity contribution in [3.8, 4) is 22.5 Å². The molecule has 0 spiro atoms. The first kappa shape index (κ1) is 104. The van der Waals surface area contributed by atoms with Gasteiger partial charge >= 0.3 is 41.8 Å². The first-order chi connectivity index (χ1) is 67.5. The van der Waals surface area contributed by atoms with E-state index in [1.807, 2.05) is 137 Å². The van der Waals surface area contributed by atoms with Crippen LogP contribution in [0, 0.1) is 5.92 Å². The summed E-state index contributed by atoms with van der Waals surface area (Å²) < 4.78 is 33.0. The second kappa shape index (κ2) is 53.4. The molecule has 11 aromatic carbocycles. The van der Waals surface area contributed by atoms with E-state index in [9.17, 15) is 57.5 Å². The van der Waals surface area contributed by atoms with Crippen LogP contribution in [0.25, 0.3) is 22.5 Å². The summed E-state index contributed by atoms with van der Waals surface area (Å²) in [6, 6.07) is 90.8. The monoisotopic (exact) mass is 1870 g/mol. The lowest BCUT2D eigenvalue weighted by atomic mass is 9.95. The van der Waals surface area contributed by atoms with Gasteiger partial charge in [-0.15, -0.1) is 0 Å². The van der Waals surface area contributed by atoms with Crippen LogP contribution in [0.5, 0.6) is 0 Å². The predicted molar refractivity (Wildman–Crippen MR) is 524 cm³/mol. The number of likely N-dealkylation sites (tertiary alicyclic amines) is 1. The number of fused-ring (bicyclic) bond motifs is 2. The molecule has 3 N–H and O–H groups in total. The number of ether oxygens (including phenoxy) is 7. The Bertz CT molecular complexity index is 6130. The molecule has 13 aromatic rings. The number of hydrogen-bond donors (Lipinski definition) is 3. The van der Waals surface area contributed by atoms with Crippen LogP contribution < -0.4 is 5.32 Å². The Morgan fingerprint density at radius 2 is 0.712 bits per heavy atom. The maximum Gasteiger partial charge on any atom is 0.337 e. The molecule has 2 aromatic heterocycles. The number of nitrogens with zero attached hydrogens (tertiary/aromatic N) is 6. The summed E-state index contributed by atoms with van der Waals surface area (Å²) in [5.41, 5.74) is 19.5. The fourth-order valence-electron chi connectivity index (χ4n) is 15.4. The minimum absolute atomic E-state index is 0.0528. The number of allylic oxidation sites excluding steroid dienone is 1. The molecule has 0 amide bonds. The van der Waals surface area contributed by atoms with Crippen LogP contribution in [0.4, 0.5) is 0 Å². The number of Topliss-reactive ketones (excluding diaryl/α,β-unsaturated/α-hetero) is 4. The van der Waals surface area contributed by atoms with Crippen molar-refractivity contribution in [2.24, 2.45) is 5.92 Å². The molecule has 28 nitrogen and oxygen atoms in total. The fraction of sp³-hybridized carbons (Fsp3) is 0.225. The Hall–Kier alpha value is -16.0. The van der Waals surface area contributed by atoms with E-state index in [1.54, 1.807) is 128 Å². The number of benzene rings is 11. The summed E-state index contributed by atoms with van der Waals surface area (Å²) in [7, 11) is 8.04. The number of carbonyl (C=O) groups is 12. The van der Waals surface area contributed by atoms with Gasteiger partial charge in [0, 0.05) is 136 Å². The molecule has 714 valence electrons. The van der Waals surface area contributed by atoms with Crippen LogP contribution in [0.1, 0.15) is 174 Å². The smallest absolute Gasteiger partial charge is 0.337 e. The number of carbonyl (C=O) groups excluding carboxylic acids is 12. The maximum absolute atomic E-state index is 12.6. The zero-order valence-corrected chi connectivity index (χ0v) is 78.6. The standard InChI is InChI=1S/C22H25NO5.2C20H19N3O2.C20H19NO4.C18H19NO3.C11H10O3/c1-3-28-21(25)16-23(15-17-7-5-4-6-8-17)14-13-20(24)18-9-11-19(12-10-18)22(26)27-2;2*1-25-20(24)16-9-7-15(8-10-16)19-17-12-23(13-18(17)21-22-19)11-14-5-3-2-4-6-14;1-25-20(24)16-9-7-15(8-10-16)19(23)17-12-21(13-18(17)22)11-14-5-3-2-4-6-14;1-22-18(21)16-9-7-15(8-10-16)17(20)11-12-19-13-14-5-3-2-4-6-14;1-3-10(12)8-4-6-9(7-5-8)11(13)14-2/h4-12H,3,13-16H2,1-2H3;2*2-10H,11-13H2,1H3,(H,21,22);2-10,17H,11-13H2,1H3;2-10,19H,11-13H2,1H3;3-7H,1H2,2H3. The van der Waals surface area contributed by atoms with Gasteiger partial charge in [0.25, 0.3) is 0 Å². The highest BCUT2D eigenvalue weighted by Crippen LogP contribution is 2.34. The number of aromatic nitrogens is 4. The van der Waals surface area contributed by atoms with Gasteiger partial charge in [0.1, 0.15) is 0 Å². The van der Waals surface area contributed by atoms with Crippen molar-refractivity contribution in [2.75, 3.05) is 82.0 Å². The minimum atomic E-state index is -0.646. The third-order valence-corrected chi connectivity index (χ3v) is 22.7. The third kappa shape index (κ3) is 30.8. The minimum Gasteiger partial charge on any atom is -0.465 e. The van der Waals surface area contributed by atoms with Gasteiger partial charge in [-0.3, -0.25) is 58.6 Å². The summed E-state index contributed by atoms with van der Waals surface area (Å²) in [5.74, 6) is -3.74. The summed E-state index contributed by atoms with van der Waals surface area (Å²) in [6.45, 7) is 14.6. The molecule has 1 fully saturated rings. The van der Waals surface area contributed by atoms with Crippen molar-refractivity contribution < 1.29 is 90.7 Å². The Kier molecular flexibility index (Phi) is 39.7. The molecule has 5 heterocycles. The molecule has 1 unspecified atom stereocenters. The summed E-state index contributed by atoms with van der Waals surface area (Å²) in [4.78, 5) is 150. The van der Waals surface area contributed by atoms with E-state index in [2.05, 4.69) is 110 Å². The van der Waals surface area contributed by atoms with Gasteiger partial charge in [0.05, 0.1) is 124 Å². The lowest BCUT2D eigenvalue weighted by Gasteiger charge is -2.21. The molecule has 3 aliphatic rings. The average molecular weight is 1880 g/mol. The normalized spacial score (nSPS) is 12.7. The Balaban J connectivity index is 0.000000161. The van der Waals surface area contributed by atoms with Gasteiger partial charge in [-0.25, -0.2) is 28.8 Å². The number of esters is 7. The molecule has 1 atom stereocenters.